The largest absolute Gasteiger partial charge is 0.497 e. The molecular weight excluding hydrogens is 418 g/mol. The zero-order chi connectivity index (χ0) is 23.2. The molecule has 0 aliphatic carbocycles. The topological polar surface area (TPSA) is 112 Å². The van der Waals surface area contributed by atoms with E-state index in [1.807, 2.05) is 41.3 Å². The maximum absolute atomic E-state index is 7.69. The molecule has 1 aromatic carbocycles. The van der Waals surface area contributed by atoms with Crippen LogP contribution in [0.3, 0.4) is 0 Å². The van der Waals surface area contributed by atoms with Gasteiger partial charge in [0, 0.05) is 67.4 Å². The molecule has 0 aliphatic rings. The highest BCUT2D eigenvalue weighted by atomic mass is 16.5. The minimum atomic E-state index is 0.459. The molecule has 9 heteroatoms. The first kappa shape index (κ1) is 21.8. The molecule has 0 radical (unpaired) electrons. The van der Waals surface area contributed by atoms with Gasteiger partial charge in [-0.25, -0.2) is 9.97 Å². The second kappa shape index (κ2) is 9.82. The van der Waals surface area contributed by atoms with Crippen LogP contribution in [0.2, 0.25) is 0 Å². The van der Waals surface area contributed by atoms with Gasteiger partial charge < -0.3 is 30.1 Å². The van der Waals surface area contributed by atoms with Crippen LogP contribution in [0.5, 0.6) is 11.5 Å². The van der Waals surface area contributed by atoms with E-state index in [1.165, 1.54) is 6.21 Å². The highest BCUT2D eigenvalue weighted by molar-refractivity contribution is 6.08. The van der Waals surface area contributed by atoms with Gasteiger partial charge in [0.05, 0.1) is 37.5 Å². The molecule has 4 aromatic rings. The Labute approximate surface area is 191 Å². The summed E-state index contributed by atoms with van der Waals surface area (Å²) in [5.41, 5.74) is 3.83. The first-order valence-electron chi connectivity index (χ1n) is 10.3. The number of allylic oxidation sites excluding steroid dienone is 1. The highest BCUT2D eigenvalue weighted by Gasteiger charge is 2.16. The van der Waals surface area contributed by atoms with Crippen molar-refractivity contribution in [3.63, 3.8) is 0 Å². The van der Waals surface area contributed by atoms with E-state index < -0.39 is 0 Å². The lowest BCUT2D eigenvalue weighted by Gasteiger charge is -2.24. The van der Waals surface area contributed by atoms with Gasteiger partial charge in [-0.3, -0.25) is 4.98 Å². The molecule has 0 unspecified atom stereocenters. The monoisotopic (exact) mass is 443 g/mol. The number of H-pyrrole nitrogens is 1. The minimum Gasteiger partial charge on any atom is -0.497 e. The van der Waals surface area contributed by atoms with Crippen LogP contribution < -0.4 is 19.7 Å². The van der Waals surface area contributed by atoms with Crippen LogP contribution in [0.1, 0.15) is 11.4 Å². The van der Waals surface area contributed by atoms with Crippen molar-refractivity contribution in [1.29, 1.82) is 5.41 Å². The maximum Gasteiger partial charge on any atom is 0.134 e. The molecule has 3 N–H and O–H groups in total. The van der Waals surface area contributed by atoms with Gasteiger partial charge in [0.2, 0.25) is 0 Å². The predicted molar refractivity (Wildman–Crippen MR) is 129 cm³/mol. The van der Waals surface area contributed by atoms with Crippen LogP contribution in [-0.2, 0) is 6.54 Å². The summed E-state index contributed by atoms with van der Waals surface area (Å²) in [6, 6.07) is 11.5. The number of pyridine rings is 2. The summed E-state index contributed by atoms with van der Waals surface area (Å²) in [4.78, 5) is 19.0. The Bertz CT molecular complexity index is 1260. The van der Waals surface area contributed by atoms with Crippen LogP contribution in [0.25, 0.3) is 16.6 Å². The van der Waals surface area contributed by atoms with Gasteiger partial charge in [-0.05, 0) is 18.2 Å². The Morgan fingerprint density at radius 3 is 2.52 bits per heavy atom. The average molecular weight is 444 g/mol. The van der Waals surface area contributed by atoms with E-state index in [-0.39, 0.29) is 0 Å². The van der Waals surface area contributed by atoms with Gasteiger partial charge in [-0.15, -0.1) is 0 Å². The molecule has 0 saturated carbocycles. The van der Waals surface area contributed by atoms with Crippen LogP contribution in [-0.4, -0.2) is 47.4 Å². The molecule has 0 atom stereocenters. The summed E-state index contributed by atoms with van der Waals surface area (Å²) in [6.07, 6.45) is 8.29. The Morgan fingerprint density at radius 2 is 1.88 bits per heavy atom. The van der Waals surface area contributed by atoms with Crippen molar-refractivity contribution >= 4 is 34.3 Å². The van der Waals surface area contributed by atoms with E-state index in [4.69, 9.17) is 19.9 Å². The van der Waals surface area contributed by atoms with Crippen molar-refractivity contribution in [2.75, 3.05) is 26.2 Å². The fourth-order valence-electron chi connectivity index (χ4n) is 3.45. The fourth-order valence-corrected chi connectivity index (χ4v) is 3.45. The normalized spacial score (nSPS) is 11.3. The maximum atomic E-state index is 7.69. The standard InChI is InChI=1S/C24H25N7O2/c1-26-13-17(12-25)16-8-22-21(29-14-16)4-5-24(30-22)31(15-23-27-6-7-28-23)18-9-19(32-2)11-20(10-18)33-3/h4-14,25-26H,15H2,1-3H3,(H,27,28)/b17-13+,25-12?. The van der Waals surface area contributed by atoms with Crippen molar-refractivity contribution in [2.24, 2.45) is 0 Å². The van der Waals surface area contributed by atoms with Gasteiger partial charge in [-0.2, -0.15) is 0 Å². The number of nitrogens with one attached hydrogen (secondary N) is 3. The van der Waals surface area contributed by atoms with Gasteiger partial charge in [0.25, 0.3) is 0 Å². The number of aromatic amines is 1. The number of nitrogens with zero attached hydrogens (tertiary/aromatic N) is 4. The number of ether oxygens (including phenoxy) is 2. The third kappa shape index (κ3) is 4.77. The van der Waals surface area contributed by atoms with E-state index in [0.717, 1.165) is 22.6 Å². The van der Waals surface area contributed by atoms with Gasteiger partial charge in [0.15, 0.2) is 0 Å². The number of hydrogen-bond donors (Lipinski definition) is 3. The number of rotatable bonds is 9. The highest BCUT2D eigenvalue weighted by Crippen LogP contribution is 2.33. The van der Waals surface area contributed by atoms with Crippen molar-refractivity contribution in [2.45, 2.75) is 6.54 Å². The summed E-state index contributed by atoms with van der Waals surface area (Å²) < 4.78 is 10.9. The number of benzene rings is 1. The van der Waals surface area contributed by atoms with Gasteiger partial charge in [0.1, 0.15) is 23.1 Å². The predicted octanol–water partition coefficient (Wildman–Crippen LogP) is 3.92. The molecule has 9 nitrogen and oxygen atoms in total. The third-order valence-electron chi connectivity index (χ3n) is 5.10. The first-order chi connectivity index (χ1) is 16.1. The van der Waals surface area contributed by atoms with E-state index >= 15 is 0 Å². The van der Waals surface area contributed by atoms with E-state index in [9.17, 15) is 0 Å². The van der Waals surface area contributed by atoms with Crippen LogP contribution in [0.4, 0.5) is 11.5 Å². The van der Waals surface area contributed by atoms with Crippen LogP contribution in [0, 0.1) is 5.41 Å². The molecule has 4 rings (SSSR count). The summed E-state index contributed by atoms with van der Waals surface area (Å²) in [6.45, 7) is 0.459. The average Bonchev–Trinajstić information content (AvgIpc) is 3.38. The molecular formula is C24H25N7O2. The quantitative estimate of drug-likeness (QED) is 0.336. The molecule has 0 amide bonds. The summed E-state index contributed by atoms with van der Waals surface area (Å²) in [5.74, 6) is 2.84. The van der Waals surface area contributed by atoms with Crippen LogP contribution in [0.15, 0.2) is 61.2 Å². The Hall–Kier alpha value is -4.40. The summed E-state index contributed by atoms with van der Waals surface area (Å²) in [7, 11) is 5.04. The Morgan fingerprint density at radius 1 is 1.09 bits per heavy atom. The molecule has 0 fully saturated rings. The lowest BCUT2D eigenvalue weighted by atomic mass is 10.1. The second-order valence-electron chi connectivity index (χ2n) is 7.16. The molecule has 0 spiro atoms. The van der Waals surface area contributed by atoms with Gasteiger partial charge >= 0.3 is 0 Å². The summed E-state index contributed by atoms with van der Waals surface area (Å²) in [5, 5.41) is 10.7. The van der Waals surface area contributed by atoms with Crippen LogP contribution >= 0.6 is 0 Å². The zero-order valence-electron chi connectivity index (χ0n) is 18.7. The number of anilines is 2. The first-order valence-corrected chi connectivity index (χ1v) is 10.3. The number of imidazole rings is 1. The number of hydrogen-bond acceptors (Lipinski definition) is 8. The van der Waals surface area contributed by atoms with Crippen molar-refractivity contribution in [1.82, 2.24) is 25.3 Å². The minimum absolute atomic E-state index is 0.459. The summed E-state index contributed by atoms with van der Waals surface area (Å²) >= 11 is 0. The fraction of sp³-hybridized carbons (Fsp3) is 0.167. The van der Waals surface area contributed by atoms with E-state index in [0.29, 0.717) is 35.0 Å². The van der Waals surface area contributed by atoms with Crippen molar-refractivity contribution in [3.05, 3.63) is 72.6 Å². The SMILES string of the molecule is CN/C=C(\C=N)c1cnc2ccc(N(Cc3ncc[nH]3)c3cc(OC)cc(OC)c3)nc2c1. The second-order valence-corrected chi connectivity index (χ2v) is 7.16. The lowest BCUT2D eigenvalue weighted by Crippen LogP contribution is -2.19. The Kier molecular flexibility index (Phi) is 6.49. The van der Waals surface area contributed by atoms with E-state index in [1.54, 1.807) is 46.1 Å². The van der Waals surface area contributed by atoms with Gasteiger partial charge in [-0.1, -0.05) is 0 Å². The van der Waals surface area contributed by atoms with E-state index in [2.05, 4.69) is 20.3 Å². The zero-order valence-corrected chi connectivity index (χ0v) is 18.7. The van der Waals surface area contributed by atoms with Crippen molar-refractivity contribution < 1.29 is 9.47 Å². The molecule has 33 heavy (non-hydrogen) atoms. The Balaban J connectivity index is 1.83. The lowest BCUT2D eigenvalue weighted by molar-refractivity contribution is 0.394. The molecule has 0 aliphatic heterocycles. The number of methoxy groups -OCH3 is 2. The van der Waals surface area contributed by atoms with Crippen molar-refractivity contribution in [3.8, 4) is 11.5 Å². The molecule has 3 heterocycles. The molecule has 3 aromatic heterocycles. The molecule has 0 saturated heterocycles. The molecule has 168 valence electrons. The third-order valence-corrected chi connectivity index (χ3v) is 5.10. The number of fused-ring (bicyclic) bond motifs is 1. The smallest absolute Gasteiger partial charge is 0.134 e. The molecule has 0 bridgehead atoms. The number of aromatic nitrogens is 4.